The second kappa shape index (κ2) is 8.52. The van der Waals surface area contributed by atoms with Crippen LogP contribution in [-0.2, 0) is 0 Å². The molecule has 0 atom stereocenters. The minimum Gasteiger partial charge on any atom is -0.457 e. The van der Waals surface area contributed by atoms with Crippen molar-refractivity contribution in [3.05, 3.63) is 118 Å². The molecule has 4 aromatic carbocycles. The minimum atomic E-state index is -0.0853. The Balaban J connectivity index is 1.63. The number of carbonyl (C=O) groups is 1. The summed E-state index contributed by atoms with van der Waals surface area (Å²) in [6.07, 6.45) is 0. The van der Waals surface area contributed by atoms with Gasteiger partial charge in [-0.3, -0.25) is 4.79 Å². The zero-order valence-electron chi connectivity index (χ0n) is 15.3. The van der Waals surface area contributed by atoms with E-state index in [1.165, 1.54) is 0 Å². The molecule has 0 fully saturated rings. The van der Waals surface area contributed by atoms with E-state index >= 15 is 0 Å². The zero-order chi connectivity index (χ0) is 20.2. The van der Waals surface area contributed by atoms with Crippen LogP contribution in [0, 0.1) is 0 Å². The van der Waals surface area contributed by atoms with Gasteiger partial charge in [-0.15, -0.1) is 0 Å². The summed E-state index contributed by atoms with van der Waals surface area (Å²) in [4.78, 5) is 13.2. The van der Waals surface area contributed by atoms with E-state index in [0.29, 0.717) is 26.9 Å². The van der Waals surface area contributed by atoms with Gasteiger partial charge in [-0.25, -0.2) is 0 Å². The van der Waals surface area contributed by atoms with E-state index in [4.69, 9.17) is 27.9 Å². The molecular formula is C25H16Cl2O2. The average molecular weight is 419 g/mol. The molecule has 4 heteroatoms. The molecule has 4 rings (SSSR count). The van der Waals surface area contributed by atoms with E-state index in [1.807, 2.05) is 54.6 Å². The largest absolute Gasteiger partial charge is 0.457 e. The number of carbonyl (C=O) groups excluding carboxylic acids is 1. The van der Waals surface area contributed by atoms with Gasteiger partial charge in [0, 0.05) is 26.7 Å². The van der Waals surface area contributed by atoms with Crippen molar-refractivity contribution < 1.29 is 9.53 Å². The monoisotopic (exact) mass is 418 g/mol. The van der Waals surface area contributed by atoms with Crippen LogP contribution in [0.25, 0.3) is 11.1 Å². The number of hydrogen-bond acceptors (Lipinski definition) is 2. The van der Waals surface area contributed by atoms with Crippen molar-refractivity contribution in [1.29, 1.82) is 0 Å². The van der Waals surface area contributed by atoms with Gasteiger partial charge in [0.25, 0.3) is 0 Å². The Bertz CT molecular complexity index is 1150. The molecule has 0 aliphatic carbocycles. The lowest BCUT2D eigenvalue weighted by Crippen LogP contribution is -2.03. The van der Waals surface area contributed by atoms with E-state index in [0.717, 1.165) is 16.9 Å². The minimum absolute atomic E-state index is 0.0853. The number of rotatable bonds is 5. The fourth-order valence-electron chi connectivity index (χ4n) is 3.08. The van der Waals surface area contributed by atoms with E-state index in [1.54, 1.807) is 42.5 Å². The molecule has 0 aliphatic rings. The molecule has 0 radical (unpaired) electrons. The van der Waals surface area contributed by atoms with Crippen LogP contribution in [0.4, 0.5) is 0 Å². The van der Waals surface area contributed by atoms with Crippen molar-refractivity contribution in [2.45, 2.75) is 0 Å². The molecule has 0 aliphatic heterocycles. The van der Waals surface area contributed by atoms with Crippen LogP contribution in [0.5, 0.6) is 11.5 Å². The lowest BCUT2D eigenvalue weighted by Gasteiger charge is -2.11. The molecule has 29 heavy (non-hydrogen) atoms. The Morgan fingerprint density at radius 1 is 0.655 bits per heavy atom. The first-order valence-electron chi connectivity index (χ1n) is 9.04. The summed E-state index contributed by atoms with van der Waals surface area (Å²) in [7, 11) is 0. The predicted octanol–water partition coefficient (Wildman–Crippen LogP) is 7.68. The van der Waals surface area contributed by atoms with Gasteiger partial charge in [-0.1, -0.05) is 71.7 Å². The first kappa shape index (κ1) is 19.3. The Morgan fingerprint density at radius 2 is 1.31 bits per heavy atom. The van der Waals surface area contributed by atoms with Gasteiger partial charge >= 0.3 is 0 Å². The summed E-state index contributed by atoms with van der Waals surface area (Å²) in [5.41, 5.74) is 2.68. The highest BCUT2D eigenvalue weighted by Crippen LogP contribution is 2.33. The van der Waals surface area contributed by atoms with Crippen LogP contribution >= 0.6 is 23.2 Å². The average Bonchev–Trinajstić information content (AvgIpc) is 2.75. The molecule has 0 unspecified atom stereocenters. The standard InChI is InChI=1S/C25H16Cl2O2/c26-18-12-15-22(24(27)16-18)21-8-4-5-9-23(21)25(28)17-10-13-20(14-11-17)29-19-6-2-1-3-7-19/h1-16H. The molecule has 2 nitrogen and oxygen atoms in total. The fourth-order valence-corrected chi connectivity index (χ4v) is 3.59. The maximum absolute atomic E-state index is 13.2. The molecule has 0 saturated carbocycles. The van der Waals surface area contributed by atoms with E-state index in [2.05, 4.69) is 0 Å². The molecule has 0 aromatic heterocycles. The van der Waals surface area contributed by atoms with Gasteiger partial charge in [0.05, 0.1) is 0 Å². The van der Waals surface area contributed by atoms with Crippen molar-refractivity contribution in [3.8, 4) is 22.6 Å². The van der Waals surface area contributed by atoms with E-state index < -0.39 is 0 Å². The second-order valence-corrected chi connectivity index (χ2v) is 7.28. The zero-order valence-corrected chi connectivity index (χ0v) is 16.8. The highest BCUT2D eigenvalue weighted by molar-refractivity contribution is 6.36. The van der Waals surface area contributed by atoms with Crippen LogP contribution in [0.2, 0.25) is 10.0 Å². The first-order chi connectivity index (χ1) is 14.1. The maximum atomic E-state index is 13.2. The molecule has 0 amide bonds. The third-order valence-electron chi connectivity index (χ3n) is 4.49. The molecule has 0 N–H and O–H groups in total. The van der Waals surface area contributed by atoms with Gasteiger partial charge in [0.2, 0.25) is 0 Å². The van der Waals surface area contributed by atoms with E-state index in [-0.39, 0.29) is 5.78 Å². The number of hydrogen-bond donors (Lipinski definition) is 0. The number of ketones is 1. The van der Waals surface area contributed by atoms with Crippen LogP contribution in [0.3, 0.4) is 0 Å². The van der Waals surface area contributed by atoms with Crippen molar-refractivity contribution >= 4 is 29.0 Å². The van der Waals surface area contributed by atoms with E-state index in [9.17, 15) is 4.79 Å². The molecular weight excluding hydrogens is 403 g/mol. The highest BCUT2D eigenvalue weighted by Gasteiger charge is 2.16. The Morgan fingerprint density at radius 3 is 2.03 bits per heavy atom. The fraction of sp³-hybridized carbons (Fsp3) is 0. The van der Waals surface area contributed by atoms with Crippen molar-refractivity contribution in [2.24, 2.45) is 0 Å². The molecule has 0 saturated heterocycles. The van der Waals surface area contributed by atoms with Crippen molar-refractivity contribution in [2.75, 3.05) is 0 Å². The SMILES string of the molecule is O=C(c1ccc(Oc2ccccc2)cc1)c1ccccc1-c1ccc(Cl)cc1Cl. The Labute approximate surface area is 179 Å². The van der Waals surface area contributed by atoms with Crippen molar-refractivity contribution in [3.63, 3.8) is 0 Å². The van der Waals surface area contributed by atoms with Crippen LogP contribution < -0.4 is 4.74 Å². The van der Waals surface area contributed by atoms with Crippen molar-refractivity contribution in [1.82, 2.24) is 0 Å². The van der Waals surface area contributed by atoms with Crippen LogP contribution in [-0.4, -0.2) is 5.78 Å². The predicted molar refractivity (Wildman–Crippen MR) is 118 cm³/mol. The summed E-state index contributed by atoms with van der Waals surface area (Å²) in [6, 6.07) is 29.3. The van der Waals surface area contributed by atoms with Crippen LogP contribution in [0.15, 0.2) is 97.1 Å². The molecule has 0 bridgehead atoms. The topological polar surface area (TPSA) is 26.3 Å². The van der Waals surface area contributed by atoms with Gasteiger partial charge in [-0.2, -0.15) is 0 Å². The lowest BCUT2D eigenvalue weighted by atomic mass is 9.94. The number of halogens is 2. The quantitative estimate of drug-likeness (QED) is 0.310. The summed E-state index contributed by atoms with van der Waals surface area (Å²) >= 11 is 12.4. The molecule has 0 spiro atoms. The normalized spacial score (nSPS) is 10.6. The van der Waals surface area contributed by atoms with Gasteiger partial charge in [-0.05, 0) is 54.1 Å². The Hall–Kier alpha value is -3.07. The molecule has 142 valence electrons. The molecule has 4 aromatic rings. The number of para-hydroxylation sites is 1. The number of benzene rings is 4. The molecule has 0 heterocycles. The summed E-state index contributed by atoms with van der Waals surface area (Å²) < 4.78 is 5.80. The smallest absolute Gasteiger partial charge is 0.193 e. The number of ether oxygens (including phenoxy) is 1. The second-order valence-electron chi connectivity index (χ2n) is 6.44. The third kappa shape index (κ3) is 4.34. The highest BCUT2D eigenvalue weighted by atomic mass is 35.5. The van der Waals surface area contributed by atoms with Gasteiger partial charge in [0.1, 0.15) is 11.5 Å². The van der Waals surface area contributed by atoms with Gasteiger partial charge in [0.15, 0.2) is 5.78 Å². The summed E-state index contributed by atoms with van der Waals surface area (Å²) in [6.45, 7) is 0. The summed E-state index contributed by atoms with van der Waals surface area (Å²) in [5, 5.41) is 1.06. The lowest BCUT2D eigenvalue weighted by molar-refractivity contribution is 0.103. The van der Waals surface area contributed by atoms with Gasteiger partial charge < -0.3 is 4.74 Å². The summed E-state index contributed by atoms with van der Waals surface area (Å²) in [5.74, 6) is 1.33. The van der Waals surface area contributed by atoms with Crippen LogP contribution in [0.1, 0.15) is 15.9 Å². The maximum Gasteiger partial charge on any atom is 0.193 e. The Kier molecular flexibility index (Phi) is 5.66. The first-order valence-corrected chi connectivity index (χ1v) is 9.79. The third-order valence-corrected chi connectivity index (χ3v) is 5.04.